The zero-order valence-electron chi connectivity index (χ0n) is 11.5. The van der Waals surface area contributed by atoms with E-state index in [0.29, 0.717) is 5.92 Å². The summed E-state index contributed by atoms with van der Waals surface area (Å²) >= 11 is 0. The Morgan fingerprint density at radius 2 is 1.78 bits per heavy atom. The van der Waals surface area contributed by atoms with E-state index < -0.39 is 0 Å². The molecule has 1 heteroatoms. The van der Waals surface area contributed by atoms with E-state index in [1.165, 1.54) is 37.7 Å². The van der Waals surface area contributed by atoms with Crippen molar-refractivity contribution in [3.05, 3.63) is 35.9 Å². The normalized spacial score (nSPS) is 25.9. The summed E-state index contributed by atoms with van der Waals surface area (Å²) in [5, 5.41) is 10.3. The molecule has 1 atom stereocenters. The van der Waals surface area contributed by atoms with Gasteiger partial charge in [-0.15, -0.1) is 0 Å². The van der Waals surface area contributed by atoms with E-state index in [2.05, 4.69) is 31.2 Å². The van der Waals surface area contributed by atoms with Gasteiger partial charge in [0.15, 0.2) is 0 Å². The molecule has 1 fully saturated rings. The molecule has 100 valence electrons. The molecule has 1 unspecified atom stereocenters. The smallest absolute Gasteiger partial charge is 0.0571 e. The van der Waals surface area contributed by atoms with Crippen molar-refractivity contribution in [2.24, 2.45) is 11.8 Å². The van der Waals surface area contributed by atoms with Crippen molar-refractivity contribution in [3.63, 3.8) is 0 Å². The molecule has 1 aromatic carbocycles. The molecule has 0 spiro atoms. The van der Waals surface area contributed by atoms with Gasteiger partial charge < -0.3 is 5.11 Å². The van der Waals surface area contributed by atoms with Gasteiger partial charge in [-0.05, 0) is 43.1 Å². The largest absolute Gasteiger partial charge is 0.393 e. The van der Waals surface area contributed by atoms with E-state index in [0.717, 1.165) is 18.8 Å². The lowest BCUT2D eigenvalue weighted by Gasteiger charge is -2.31. The molecule has 1 N–H and O–H groups in total. The molecule has 1 aromatic rings. The van der Waals surface area contributed by atoms with Crippen molar-refractivity contribution >= 4 is 0 Å². The third kappa shape index (κ3) is 3.84. The van der Waals surface area contributed by atoms with Crippen LogP contribution in [0.2, 0.25) is 0 Å². The van der Waals surface area contributed by atoms with Gasteiger partial charge in [0.2, 0.25) is 0 Å². The molecule has 1 nitrogen and oxygen atoms in total. The van der Waals surface area contributed by atoms with Gasteiger partial charge in [-0.1, -0.05) is 56.5 Å². The fourth-order valence-electron chi connectivity index (χ4n) is 3.18. The van der Waals surface area contributed by atoms with Gasteiger partial charge in [0.25, 0.3) is 0 Å². The average Bonchev–Trinajstić information content (AvgIpc) is 2.46. The lowest BCUT2D eigenvalue weighted by atomic mass is 9.77. The highest BCUT2D eigenvalue weighted by molar-refractivity contribution is 5.14. The first kappa shape index (κ1) is 13.6. The van der Waals surface area contributed by atoms with Gasteiger partial charge in [-0.25, -0.2) is 0 Å². The Morgan fingerprint density at radius 3 is 2.39 bits per heavy atom. The fraction of sp³-hybridized carbons (Fsp3) is 0.647. The topological polar surface area (TPSA) is 20.2 Å². The van der Waals surface area contributed by atoms with Crippen molar-refractivity contribution in [2.75, 3.05) is 0 Å². The molecule has 0 heterocycles. The van der Waals surface area contributed by atoms with E-state index in [9.17, 15) is 5.11 Å². The Kier molecular flexibility index (Phi) is 5.25. The minimum atomic E-state index is -0.0944. The Hall–Kier alpha value is -0.820. The predicted octanol–water partition coefficient (Wildman–Crippen LogP) is 4.20. The van der Waals surface area contributed by atoms with Crippen LogP contribution in [0.5, 0.6) is 0 Å². The lowest BCUT2D eigenvalue weighted by Crippen LogP contribution is -2.26. The second-order valence-corrected chi connectivity index (χ2v) is 5.78. The van der Waals surface area contributed by atoms with Gasteiger partial charge >= 0.3 is 0 Å². The Morgan fingerprint density at radius 1 is 1.11 bits per heavy atom. The standard InChI is InChI=1S/C17H26O/c1-2-14-8-11-16(12-9-14)17(18)13-10-15-6-4-3-5-7-15/h3-7,14,16-18H,2,8-13H2,1H3. The molecule has 1 saturated carbocycles. The fourth-order valence-corrected chi connectivity index (χ4v) is 3.18. The van der Waals surface area contributed by atoms with Gasteiger partial charge in [0.05, 0.1) is 6.10 Å². The molecule has 0 amide bonds. The first-order chi connectivity index (χ1) is 8.79. The molecule has 1 aliphatic carbocycles. The van der Waals surface area contributed by atoms with Crippen LogP contribution in [0.25, 0.3) is 0 Å². The summed E-state index contributed by atoms with van der Waals surface area (Å²) in [6.07, 6.45) is 8.26. The Labute approximate surface area is 111 Å². The molecule has 0 radical (unpaired) electrons. The van der Waals surface area contributed by atoms with Gasteiger partial charge in [0.1, 0.15) is 0 Å². The number of hydrogen-bond acceptors (Lipinski definition) is 1. The summed E-state index contributed by atoms with van der Waals surface area (Å²) in [7, 11) is 0. The van der Waals surface area contributed by atoms with Crippen LogP contribution in [0.3, 0.4) is 0 Å². The molecule has 2 rings (SSSR count). The van der Waals surface area contributed by atoms with Crippen molar-refractivity contribution in [1.29, 1.82) is 0 Å². The van der Waals surface area contributed by atoms with Crippen LogP contribution in [0.4, 0.5) is 0 Å². The predicted molar refractivity (Wildman–Crippen MR) is 76.5 cm³/mol. The lowest BCUT2D eigenvalue weighted by molar-refractivity contribution is 0.0666. The van der Waals surface area contributed by atoms with Crippen LogP contribution in [-0.4, -0.2) is 11.2 Å². The summed E-state index contributed by atoms with van der Waals surface area (Å²) in [6.45, 7) is 2.29. The second kappa shape index (κ2) is 6.94. The second-order valence-electron chi connectivity index (χ2n) is 5.78. The highest BCUT2D eigenvalue weighted by atomic mass is 16.3. The van der Waals surface area contributed by atoms with Gasteiger partial charge in [0, 0.05) is 0 Å². The molecule has 1 aliphatic rings. The first-order valence-corrected chi connectivity index (χ1v) is 7.51. The van der Waals surface area contributed by atoms with Crippen LogP contribution in [0.1, 0.15) is 51.0 Å². The van der Waals surface area contributed by atoms with E-state index >= 15 is 0 Å². The number of hydrogen-bond donors (Lipinski definition) is 1. The van der Waals surface area contributed by atoms with Crippen molar-refractivity contribution in [3.8, 4) is 0 Å². The highest BCUT2D eigenvalue weighted by Gasteiger charge is 2.25. The molecular weight excluding hydrogens is 220 g/mol. The number of aliphatic hydroxyl groups excluding tert-OH is 1. The molecule has 0 bridgehead atoms. The van der Waals surface area contributed by atoms with Crippen LogP contribution < -0.4 is 0 Å². The van der Waals surface area contributed by atoms with Crippen molar-refractivity contribution in [1.82, 2.24) is 0 Å². The summed E-state index contributed by atoms with van der Waals surface area (Å²) in [4.78, 5) is 0. The minimum absolute atomic E-state index is 0.0944. The Bertz CT molecular complexity index is 325. The quantitative estimate of drug-likeness (QED) is 0.825. The third-order valence-corrected chi connectivity index (χ3v) is 4.58. The summed E-state index contributed by atoms with van der Waals surface area (Å²) in [5.74, 6) is 1.47. The summed E-state index contributed by atoms with van der Waals surface area (Å²) in [5.41, 5.74) is 1.35. The summed E-state index contributed by atoms with van der Waals surface area (Å²) < 4.78 is 0. The molecule has 0 saturated heterocycles. The van der Waals surface area contributed by atoms with Crippen LogP contribution in [-0.2, 0) is 6.42 Å². The number of benzene rings is 1. The van der Waals surface area contributed by atoms with Crippen molar-refractivity contribution in [2.45, 2.75) is 58.0 Å². The minimum Gasteiger partial charge on any atom is -0.393 e. The number of aliphatic hydroxyl groups is 1. The van der Waals surface area contributed by atoms with Crippen LogP contribution >= 0.6 is 0 Å². The van der Waals surface area contributed by atoms with Crippen molar-refractivity contribution < 1.29 is 5.11 Å². The molecule has 0 aliphatic heterocycles. The maximum Gasteiger partial charge on any atom is 0.0571 e. The van der Waals surface area contributed by atoms with Gasteiger partial charge in [-0.3, -0.25) is 0 Å². The SMILES string of the molecule is CCC1CCC(C(O)CCc2ccccc2)CC1. The van der Waals surface area contributed by atoms with Gasteiger partial charge in [-0.2, -0.15) is 0 Å². The third-order valence-electron chi connectivity index (χ3n) is 4.58. The van der Waals surface area contributed by atoms with E-state index in [1.54, 1.807) is 0 Å². The van der Waals surface area contributed by atoms with E-state index in [1.807, 2.05) is 6.07 Å². The van der Waals surface area contributed by atoms with Crippen LogP contribution in [0.15, 0.2) is 30.3 Å². The molecular formula is C17H26O. The number of rotatable bonds is 5. The highest BCUT2D eigenvalue weighted by Crippen LogP contribution is 2.33. The summed E-state index contributed by atoms with van der Waals surface area (Å²) in [6, 6.07) is 10.5. The monoisotopic (exact) mass is 246 g/mol. The first-order valence-electron chi connectivity index (χ1n) is 7.51. The zero-order valence-corrected chi connectivity index (χ0v) is 11.5. The zero-order chi connectivity index (χ0) is 12.8. The maximum atomic E-state index is 10.3. The molecule has 0 aromatic heterocycles. The molecule has 18 heavy (non-hydrogen) atoms. The Balaban J connectivity index is 1.73. The van der Waals surface area contributed by atoms with E-state index in [-0.39, 0.29) is 6.10 Å². The van der Waals surface area contributed by atoms with Crippen LogP contribution in [0, 0.1) is 11.8 Å². The van der Waals surface area contributed by atoms with E-state index in [4.69, 9.17) is 0 Å². The number of aryl methyl sites for hydroxylation is 1. The maximum absolute atomic E-state index is 10.3. The average molecular weight is 246 g/mol.